The van der Waals surface area contributed by atoms with E-state index in [9.17, 15) is 0 Å². The maximum atomic E-state index is 4.37. The highest BCUT2D eigenvalue weighted by Gasteiger charge is 2.16. The molecule has 1 aromatic heterocycles. The van der Waals surface area contributed by atoms with E-state index >= 15 is 0 Å². The number of aromatic nitrogens is 1. The molecule has 2 rings (SSSR count). The zero-order chi connectivity index (χ0) is 10.5. The number of hydrogen-bond acceptors (Lipinski definition) is 2. The fraction of sp³-hybridized carbons (Fsp3) is 0.462. The molecule has 1 aliphatic heterocycles. The molecule has 1 atom stereocenters. The van der Waals surface area contributed by atoms with E-state index < -0.39 is 0 Å². The van der Waals surface area contributed by atoms with E-state index in [2.05, 4.69) is 35.4 Å². The minimum atomic E-state index is 0.601. The molecule has 80 valence electrons. The van der Waals surface area contributed by atoms with Crippen molar-refractivity contribution in [1.82, 2.24) is 4.98 Å². The topological polar surface area (TPSA) is 24.9 Å². The number of anilines is 1. The summed E-state index contributed by atoms with van der Waals surface area (Å²) in [6.07, 6.45) is 11.0. The molecule has 0 bridgehead atoms. The van der Waals surface area contributed by atoms with Gasteiger partial charge in [-0.05, 0) is 44.2 Å². The Morgan fingerprint density at radius 3 is 3.40 bits per heavy atom. The normalized spacial score (nSPS) is 19.9. The molecule has 1 aromatic rings. The van der Waals surface area contributed by atoms with Crippen LogP contribution in [0.4, 0.5) is 5.82 Å². The number of aryl methyl sites for hydroxylation is 1. The second-order valence-corrected chi connectivity index (χ2v) is 4.04. The van der Waals surface area contributed by atoms with E-state index in [0.29, 0.717) is 6.04 Å². The van der Waals surface area contributed by atoms with Crippen molar-refractivity contribution in [3.05, 3.63) is 36.0 Å². The monoisotopic (exact) mass is 202 g/mol. The third-order valence-corrected chi connectivity index (χ3v) is 2.91. The largest absolute Gasteiger partial charge is 0.367 e. The van der Waals surface area contributed by atoms with Crippen LogP contribution in [0.15, 0.2) is 30.5 Å². The van der Waals surface area contributed by atoms with E-state index in [1.165, 1.54) is 18.4 Å². The molecule has 1 N–H and O–H groups in total. The zero-order valence-electron chi connectivity index (χ0n) is 9.24. The molecule has 2 heteroatoms. The lowest BCUT2D eigenvalue weighted by Gasteiger charge is -2.25. The van der Waals surface area contributed by atoms with Crippen molar-refractivity contribution >= 4 is 5.82 Å². The van der Waals surface area contributed by atoms with Crippen molar-refractivity contribution < 1.29 is 0 Å². The van der Waals surface area contributed by atoms with E-state index in [-0.39, 0.29) is 0 Å². The van der Waals surface area contributed by atoms with Crippen LogP contribution in [0.3, 0.4) is 0 Å². The van der Waals surface area contributed by atoms with Crippen LogP contribution in [0.5, 0.6) is 0 Å². The van der Waals surface area contributed by atoms with Crippen LogP contribution in [0.25, 0.3) is 0 Å². The predicted molar refractivity (Wildman–Crippen MR) is 64.0 cm³/mol. The van der Waals surface area contributed by atoms with Crippen LogP contribution in [-0.2, 0) is 6.42 Å². The molecule has 0 fully saturated rings. The lowest BCUT2D eigenvalue weighted by molar-refractivity contribution is 0.587. The van der Waals surface area contributed by atoms with Crippen molar-refractivity contribution in [2.45, 2.75) is 38.6 Å². The van der Waals surface area contributed by atoms with Crippen molar-refractivity contribution in [1.29, 1.82) is 0 Å². The molecule has 0 saturated heterocycles. The molecule has 0 aliphatic carbocycles. The number of allylic oxidation sites excluding steroid dienone is 2. The first-order valence-electron chi connectivity index (χ1n) is 5.71. The van der Waals surface area contributed by atoms with E-state index in [4.69, 9.17) is 0 Å². The molecule has 2 nitrogen and oxygen atoms in total. The Morgan fingerprint density at radius 2 is 2.53 bits per heavy atom. The van der Waals surface area contributed by atoms with Gasteiger partial charge in [0.2, 0.25) is 0 Å². The number of nitrogens with zero attached hydrogens (tertiary/aromatic N) is 1. The van der Waals surface area contributed by atoms with Gasteiger partial charge in [-0.2, -0.15) is 0 Å². The van der Waals surface area contributed by atoms with Crippen LogP contribution < -0.4 is 5.32 Å². The first-order chi connectivity index (χ1) is 7.40. The summed E-state index contributed by atoms with van der Waals surface area (Å²) in [6.45, 7) is 2.07. The fourth-order valence-corrected chi connectivity index (χ4v) is 2.05. The molecule has 15 heavy (non-hydrogen) atoms. The average Bonchev–Trinajstić information content (AvgIpc) is 2.29. The number of hydrogen-bond donors (Lipinski definition) is 1. The Bertz CT molecular complexity index is 344. The molecule has 0 unspecified atom stereocenters. The van der Waals surface area contributed by atoms with Crippen molar-refractivity contribution in [3.8, 4) is 0 Å². The van der Waals surface area contributed by atoms with E-state index in [1.807, 2.05) is 12.3 Å². The third kappa shape index (κ3) is 2.58. The fourth-order valence-electron chi connectivity index (χ4n) is 2.05. The lowest BCUT2D eigenvalue weighted by atomic mass is 9.98. The van der Waals surface area contributed by atoms with Crippen molar-refractivity contribution in [2.24, 2.45) is 0 Å². The second kappa shape index (κ2) is 4.96. The standard InChI is InChI=1S/C13H18N2/c1-2-3-4-7-12-9-8-11-6-5-10-14-13(11)15-12/h2-3,5-6,10,12H,4,7-9H2,1H3,(H,14,15)/b3-2+/t12-/m0/s1. The molecule has 0 radical (unpaired) electrons. The van der Waals surface area contributed by atoms with Crippen molar-refractivity contribution in [2.75, 3.05) is 5.32 Å². The second-order valence-electron chi connectivity index (χ2n) is 4.04. The summed E-state index contributed by atoms with van der Waals surface area (Å²) in [7, 11) is 0. The molecule has 2 heterocycles. The minimum Gasteiger partial charge on any atom is -0.367 e. The highest BCUT2D eigenvalue weighted by Crippen LogP contribution is 2.23. The third-order valence-electron chi connectivity index (χ3n) is 2.91. The van der Waals surface area contributed by atoms with Gasteiger partial charge in [-0.25, -0.2) is 4.98 Å². The molecule has 0 spiro atoms. The average molecular weight is 202 g/mol. The number of nitrogens with one attached hydrogen (secondary N) is 1. The van der Waals surface area contributed by atoms with Gasteiger partial charge in [-0.1, -0.05) is 18.2 Å². The predicted octanol–water partition coefficient (Wildman–Crippen LogP) is 3.16. The van der Waals surface area contributed by atoms with Gasteiger partial charge in [0, 0.05) is 12.2 Å². The van der Waals surface area contributed by atoms with Gasteiger partial charge in [-0.15, -0.1) is 0 Å². The van der Waals surface area contributed by atoms with Crippen molar-refractivity contribution in [3.63, 3.8) is 0 Å². The van der Waals surface area contributed by atoms with Crippen LogP contribution >= 0.6 is 0 Å². The molecule has 1 aliphatic rings. The Balaban J connectivity index is 1.94. The smallest absolute Gasteiger partial charge is 0.129 e. The highest BCUT2D eigenvalue weighted by molar-refractivity contribution is 5.46. The number of fused-ring (bicyclic) bond motifs is 1. The van der Waals surface area contributed by atoms with Crippen LogP contribution in [0, 0.1) is 0 Å². The summed E-state index contributed by atoms with van der Waals surface area (Å²) in [4.78, 5) is 4.37. The number of pyridine rings is 1. The molecular weight excluding hydrogens is 184 g/mol. The van der Waals surface area contributed by atoms with Gasteiger partial charge in [-0.3, -0.25) is 0 Å². The zero-order valence-corrected chi connectivity index (χ0v) is 9.24. The Hall–Kier alpha value is -1.31. The van der Waals surface area contributed by atoms with Crippen LogP contribution in [-0.4, -0.2) is 11.0 Å². The van der Waals surface area contributed by atoms with Crippen LogP contribution in [0.1, 0.15) is 31.7 Å². The number of rotatable bonds is 3. The van der Waals surface area contributed by atoms with Gasteiger partial charge < -0.3 is 5.32 Å². The molecule has 0 saturated carbocycles. The quantitative estimate of drug-likeness (QED) is 0.761. The Kier molecular flexibility index (Phi) is 3.38. The lowest BCUT2D eigenvalue weighted by Crippen LogP contribution is -2.25. The van der Waals surface area contributed by atoms with Crippen LogP contribution in [0.2, 0.25) is 0 Å². The van der Waals surface area contributed by atoms with Gasteiger partial charge >= 0.3 is 0 Å². The summed E-state index contributed by atoms with van der Waals surface area (Å²) in [5, 5.41) is 3.51. The van der Waals surface area contributed by atoms with Gasteiger partial charge in [0.15, 0.2) is 0 Å². The molecular formula is C13H18N2. The Labute approximate surface area is 91.4 Å². The van der Waals surface area contributed by atoms with Gasteiger partial charge in [0.1, 0.15) is 5.82 Å². The first-order valence-corrected chi connectivity index (χ1v) is 5.71. The minimum absolute atomic E-state index is 0.601. The summed E-state index contributed by atoms with van der Waals surface area (Å²) in [6, 6.07) is 4.78. The highest BCUT2D eigenvalue weighted by atomic mass is 15.0. The summed E-state index contributed by atoms with van der Waals surface area (Å²) < 4.78 is 0. The summed E-state index contributed by atoms with van der Waals surface area (Å²) >= 11 is 0. The first kappa shape index (κ1) is 10.2. The SMILES string of the molecule is C/C=C/CC[C@H]1CCc2cccnc2N1. The van der Waals surface area contributed by atoms with E-state index in [1.54, 1.807) is 0 Å². The van der Waals surface area contributed by atoms with Gasteiger partial charge in [0.05, 0.1) is 0 Å². The maximum absolute atomic E-state index is 4.37. The molecule has 0 amide bonds. The summed E-state index contributed by atoms with van der Waals surface area (Å²) in [5.41, 5.74) is 1.36. The molecule has 0 aromatic carbocycles. The van der Waals surface area contributed by atoms with Gasteiger partial charge in [0.25, 0.3) is 0 Å². The Morgan fingerprint density at radius 1 is 1.60 bits per heavy atom. The van der Waals surface area contributed by atoms with E-state index in [0.717, 1.165) is 18.7 Å². The maximum Gasteiger partial charge on any atom is 0.129 e. The summed E-state index contributed by atoms with van der Waals surface area (Å²) in [5.74, 6) is 1.09.